The van der Waals surface area contributed by atoms with E-state index >= 15 is 0 Å². The van der Waals surface area contributed by atoms with Crippen molar-refractivity contribution in [3.8, 4) is 0 Å². The molecule has 30 heavy (non-hydrogen) atoms. The Labute approximate surface area is 180 Å². The molecule has 0 bridgehead atoms. The molecular formula is C21H28N4O4S. The van der Waals surface area contributed by atoms with Crippen LogP contribution in [-0.2, 0) is 0 Å². The summed E-state index contributed by atoms with van der Waals surface area (Å²) in [5.41, 5.74) is 0.277. The summed E-state index contributed by atoms with van der Waals surface area (Å²) in [6.07, 6.45) is 7.17. The molecule has 8 nitrogen and oxygen atoms in total. The Hall–Kier alpha value is -2.29. The Morgan fingerprint density at radius 2 is 1.87 bits per heavy atom. The Balaban J connectivity index is 1.40. The third-order valence-electron chi connectivity index (χ3n) is 6.49. The van der Waals surface area contributed by atoms with E-state index in [1.165, 1.54) is 31.4 Å². The van der Waals surface area contributed by atoms with Crippen molar-refractivity contribution in [2.45, 2.75) is 55.9 Å². The number of urea groups is 1. The monoisotopic (exact) mass is 432 g/mol. The van der Waals surface area contributed by atoms with Crippen LogP contribution in [0.25, 0.3) is 0 Å². The second kappa shape index (κ2) is 8.83. The van der Waals surface area contributed by atoms with Gasteiger partial charge in [0.25, 0.3) is 11.6 Å². The van der Waals surface area contributed by atoms with Crippen LogP contribution < -0.4 is 5.32 Å². The minimum absolute atomic E-state index is 0.0105. The highest BCUT2D eigenvalue weighted by atomic mass is 32.2. The van der Waals surface area contributed by atoms with Crippen LogP contribution in [0, 0.1) is 10.1 Å². The zero-order chi connectivity index (χ0) is 21.1. The first kappa shape index (κ1) is 21.0. The molecule has 0 unspecified atom stereocenters. The third kappa shape index (κ3) is 4.26. The van der Waals surface area contributed by atoms with Gasteiger partial charge in [-0.1, -0.05) is 25.3 Å². The molecule has 4 rings (SSSR count). The van der Waals surface area contributed by atoms with Crippen molar-refractivity contribution in [1.82, 2.24) is 15.1 Å². The molecule has 3 fully saturated rings. The first-order valence-corrected chi connectivity index (χ1v) is 11.7. The van der Waals surface area contributed by atoms with Crippen LogP contribution in [0.2, 0.25) is 0 Å². The van der Waals surface area contributed by atoms with Gasteiger partial charge in [-0.25, -0.2) is 4.79 Å². The van der Waals surface area contributed by atoms with Crippen molar-refractivity contribution < 1.29 is 14.5 Å². The summed E-state index contributed by atoms with van der Waals surface area (Å²) in [6.45, 7) is 1.86. The van der Waals surface area contributed by atoms with Crippen molar-refractivity contribution in [2.75, 3.05) is 25.4 Å². The maximum Gasteiger partial charge on any atom is 0.317 e. The van der Waals surface area contributed by atoms with Crippen molar-refractivity contribution in [3.05, 3.63) is 39.9 Å². The Morgan fingerprint density at radius 1 is 1.13 bits per heavy atom. The van der Waals surface area contributed by atoms with E-state index < -0.39 is 4.92 Å². The molecule has 162 valence electrons. The number of non-ortho nitro benzene ring substituents is 1. The van der Waals surface area contributed by atoms with E-state index in [0.717, 1.165) is 31.4 Å². The van der Waals surface area contributed by atoms with Gasteiger partial charge in [0.15, 0.2) is 0 Å². The summed E-state index contributed by atoms with van der Waals surface area (Å²) in [4.78, 5) is 39.8. The SMILES string of the molecule is O=C(NC1CCCCC1)N1CCC2(CC1)SCCN2C(=O)c1cccc([N+](=O)[O-])c1. The molecule has 1 aromatic carbocycles. The van der Waals surface area contributed by atoms with E-state index in [1.807, 2.05) is 9.80 Å². The number of nitro benzene ring substituents is 1. The number of thioether (sulfide) groups is 1. The number of nitrogens with one attached hydrogen (secondary N) is 1. The van der Waals surface area contributed by atoms with Gasteiger partial charge in [-0.15, -0.1) is 11.8 Å². The lowest BCUT2D eigenvalue weighted by Gasteiger charge is -2.44. The second-order valence-electron chi connectivity index (χ2n) is 8.33. The molecule has 0 atom stereocenters. The Kier molecular flexibility index (Phi) is 6.17. The Bertz CT molecular complexity index is 819. The maximum absolute atomic E-state index is 13.2. The number of rotatable bonds is 3. The number of nitro groups is 1. The van der Waals surface area contributed by atoms with Crippen molar-refractivity contribution in [1.29, 1.82) is 0 Å². The van der Waals surface area contributed by atoms with Crippen LogP contribution in [0.3, 0.4) is 0 Å². The van der Waals surface area contributed by atoms with Gasteiger partial charge in [-0.2, -0.15) is 0 Å². The summed E-state index contributed by atoms with van der Waals surface area (Å²) in [6, 6.07) is 6.24. The van der Waals surface area contributed by atoms with Gasteiger partial charge >= 0.3 is 6.03 Å². The third-order valence-corrected chi connectivity index (χ3v) is 8.04. The summed E-state index contributed by atoms with van der Waals surface area (Å²) < 4.78 is 0. The summed E-state index contributed by atoms with van der Waals surface area (Å²) in [7, 11) is 0. The highest BCUT2D eigenvalue weighted by Gasteiger charge is 2.47. The number of carbonyl (C=O) groups excluding carboxylic acids is 2. The number of carbonyl (C=O) groups is 2. The molecule has 2 heterocycles. The van der Waals surface area contributed by atoms with Crippen LogP contribution in [0.5, 0.6) is 0 Å². The highest BCUT2D eigenvalue weighted by Crippen LogP contribution is 2.44. The Morgan fingerprint density at radius 3 is 2.57 bits per heavy atom. The highest BCUT2D eigenvalue weighted by molar-refractivity contribution is 8.00. The lowest BCUT2D eigenvalue weighted by Crippen LogP contribution is -2.56. The number of piperidine rings is 1. The van der Waals surface area contributed by atoms with Crippen LogP contribution in [0.4, 0.5) is 10.5 Å². The zero-order valence-electron chi connectivity index (χ0n) is 17.0. The molecule has 1 N–H and O–H groups in total. The van der Waals surface area contributed by atoms with E-state index in [-0.39, 0.29) is 28.5 Å². The molecule has 1 aromatic rings. The van der Waals surface area contributed by atoms with E-state index in [2.05, 4.69) is 5.32 Å². The largest absolute Gasteiger partial charge is 0.335 e. The number of nitrogens with zero attached hydrogens (tertiary/aromatic N) is 3. The molecule has 9 heteroatoms. The summed E-state index contributed by atoms with van der Waals surface area (Å²) in [5.74, 6) is 0.679. The summed E-state index contributed by atoms with van der Waals surface area (Å²) in [5, 5.41) is 14.2. The first-order chi connectivity index (χ1) is 14.5. The molecular weight excluding hydrogens is 404 g/mol. The van der Waals surface area contributed by atoms with Gasteiger partial charge < -0.3 is 15.1 Å². The van der Waals surface area contributed by atoms with Crippen molar-refractivity contribution >= 4 is 29.4 Å². The van der Waals surface area contributed by atoms with Crippen LogP contribution in [-0.4, -0.2) is 63.0 Å². The van der Waals surface area contributed by atoms with E-state index in [9.17, 15) is 19.7 Å². The van der Waals surface area contributed by atoms with Gasteiger partial charge in [-0.3, -0.25) is 14.9 Å². The maximum atomic E-state index is 13.2. The summed E-state index contributed by atoms with van der Waals surface area (Å²) >= 11 is 1.77. The molecule has 2 aliphatic heterocycles. The minimum Gasteiger partial charge on any atom is -0.335 e. The molecule has 1 saturated carbocycles. The minimum atomic E-state index is -0.477. The lowest BCUT2D eigenvalue weighted by atomic mass is 9.95. The van der Waals surface area contributed by atoms with Gasteiger partial charge in [-0.05, 0) is 31.7 Å². The molecule has 0 radical (unpaired) electrons. The quantitative estimate of drug-likeness (QED) is 0.581. The molecule has 1 aliphatic carbocycles. The molecule has 1 spiro atoms. The average molecular weight is 433 g/mol. The zero-order valence-corrected chi connectivity index (χ0v) is 17.9. The number of benzene rings is 1. The topological polar surface area (TPSA) is 95.8 Å². The number of hydrogen-bond donors (Lipinski definition) is 1. The lowest BCUT2D eigenvalue weighted by molar-refractivity contribution is -0.384. The van der Waals surface area contributed by atoms with Crippen molar-refractivity contribution in [3.63, 3.8) is 0 Å². The number of amides is 3. The molecule has 3 amide bonds. The van der Waals surface area contributed by atoms with E-state index in [4.69, 9.17) is 0 Å². The average Bonchev–Trinajstić information content (AvgIpc) is 3.17. The fourth-order valence-corrected chi connectivity index (χ4v) is 6.24. The van der Waals surface area contributed by atoms with Crippen LogP contribution >= 0.6 is 11.8 Å². The predicted molar refractivity (Wildman–Crippen MR) is 116 cm³/mol. The fourth-order valence-electron chi connectivity index (χ4n) is 4.79. The van der Waals surface area contributed by atoms with E-state index in [0.29, 0.717) is 25.2 Å². The standard InChI is InChI=1S/C21H28N4O4S/c26-19(16-5-4-8-18(15-16)25(28)29)24-13-14-30-21(24)9-11-23(12-10-21)20(27)22-17-6-2-1-3-7-17/h4-5,8,15,17H,1-3,6-7,9-14H2,(H,22,27). The smallest absolute Gasteiger partial charge is 0.317 e. The van der Waals surface area contributed by atoms with Gasteiger partial charge in [0, 0.05) is 49.1 Å². The first-order valence-electron chi connectivity index (χ1n) is 10.7. The van der Waals surface area contributed by atoms with Crippen LogP contribution in [0.15, 0.2) is 24.3 Å². The molecule has 2 saturated heterocycles. The fraction of sp³-hybridized carbons (Fsp3) is 0.619. The normalized spacial score (nSPS) is 21.6. The number of likely N-dealkylation sites (tertiary alicyclic amines) is 1. The van der Waals surface area contributed by atoms with Gasteiger partial charge in [0.05, 0.1) is 9.79 Å². The number of hydrogen-bond acceptors (Lipinski definition) is 5. The molecule has 3 aliphatic rings. The van der Waals surface area contributed by atoms with Crippen LogP contribution in [0.1, 0.15) is 55.3 Å². The van der Waals surface area contributed by atoms with E-state index in [1.54, 1.807) is 23.9 Å². The molecule has 0 aromatic heterocycles. The predicted octanol–water partition coefficient (Wildman–Crippen LogP) is 3.62. The van der Waals surface area contributed by atoms with Gasteiger partial charge in [0.2, 0.25) is 0 Å². The van der Waals surface area contributed by atoms with Gasteiger partial charge in [0.1, 0.15) is 0 Å². The van der Waals surface area contributed by atoms with Crippen molar-refractivity contribution in [2.24, 2.45) is 0 Å². The second-order valence-corrected chi connectivity index (χ2v) is 9.79.